The molecule has 0 amide bonds. The first-order chi connectivity index (χ1) is 9.16. The summed E-state index contributed by atoms with van der Waals surface area (Å²) >= 11 is 5.11. The highest BCUT2D eigenvalue weighted by atomic mass is 79.9. The van der Waals surface area contributed by atoms with Gasteiger partial charge in [0.1, 0.15) is 5.69 Å². The minimum Gasteiger partial charge on any atom is -0.367 e. The van der Waals surface area contributed by atoms with Crippen molar-refractivity contribution in [1.29, 1.82) is 0 Å². The van der Waals surface area contributed by atoms with Crippen LogP contribution in [-0.4, -0.2) is 5.16 Å². The molecule has 0 spiro atoms. The molecule has 3 aromatic rings. The topological polar surface area (TPSA) is 52.0 Å². The van der Waals surface area contributed by atoms with Crippen molar-refractivity contribution in [2.75, 3.05) is 5.73 Å². The Hall–Kier alpha value is -1.59. The van der Waals surface area contributed by atoms with E-state index in [0.717, 1.165) is 26.2 Å². The van der Waals surface area contributed by atoms with Crippen molar-refractivity contribution in [2.45, 2.75) is 6.92 Å². The van der Waals surface area contributed by atoms with E-state index >= 15 is 0 Å². The molecule has 0 aliphatic rings. The van der Waals surface area contributed by atoms with Gasteiger partial charge >= 0.3 is 0 Å². The number of nitrogens with zero attached hydrogens (tertiary/aromatic N) is 1. The van der Waals surface area contributed by atoms with Gasteiger partial charge in [-0.3, -0.25) is 0 Å². The lowest BCUT2D eigenvalue weighted by Gasteiger charge is -2.02. The summed E-state index contributed by atoms with van der Waals surface area (Å²) < 4.78 is 6.19. The SMILES string of the molecule is Cc1ccsc1-c1noc(N)c1-c1cccc(Br)c1. The standard InChI is InChI=1S/C14H11BrN2OS/c1-8-5-6-19-13(8)12-11(14(16)18-17-12)9-3-2-4-10(15)7-9/h2-7H,16H2,1H3. The number of hydrogen-bond donors (Lipinski definition) is 1. The number of nitrogen functional groups attached to an aromatic ring is 1. The van der Waals surface area contributed by atoms with Gasteiger partial charge in [-0.25, -0.2) is 0 Å². The Morgan fingerprint density at radius 1 is 1.32 bits per heavy atom. The monoisotopic (exact) mass is 334 g/mol. The zero-order chi connectivity index (χ0) is 13.4. The maximum Gasteiger partial charge on any atom is 0.230 e. The molecule has 0 fully saturated rings. The van der Waals surface area contributed by atoms with Gasteiger partial charge in [-0.15, -0.1) is 11.3 Å². The molecule has 0 radical (unpaired) electrons. The third kappa shape index (κ3) is 2.19. The highest BCUT2D eigenvalue weighted by Gasteiger charge is 2.19. The van der Waals surface area contributed by atoms with E-state index in [2.05, 4.69) is 34.1 Å². The fourth-order valence-electron chi connectivity index (χ4n) is 2.00. The van der Waals surface area contributed by atoms with E-state index < -0.39 is 0 Å². The number of anilines is 1. The van der Waals surface area contributed by atoms with E-state index in [1.165, 1.54) is 5.56 Å². The molecule has 1 aromatic carbocycles. The molecule has 3 rings (SSSR count). The van der Waals surface area contributed by atoms with Crippen LogP contribution >= 0.6 is 27.3 Å². The van der Waals surface area contributed by atoms with Gasteiger partial charge in [0.25, 0.3) is 0 Å². The average molecular weight is 335 g/mol. The first-order valence-electron chi connectivity index (χ1n) is 5.72. The quantitative estimate of drug-likeness (QED) is 0.737. The number of aromatic nitrogens is 1. The Bertz CT molecular complexity index is 733. The first kappa shape index (κ1) is 12.4. The lowest BCUT2D eigenvalue weighted by atomic mass is 10.0. The molecule has 0 saturated heterocycles. The largest absolute Gasteiger partial charge is 0.367 e. The van der Waals surface area contributed by atoms with Crippen molar-refractivity contribution in [3.05, 3.63) is 45.7 Å². The second kappa shape index (κ2) is 4.83. The molecule has 0 saturated carbocycles. The molecule has 3 nitrogen and oxygen atoms in total. The van der Waals surface area contributed by atoms with Gasteiger partial charge in [-0.05, 0) is 41.6 Å². The van der Waals surface area contributed by atoms with Crippen LogP contribution in [0.2, 0.25) is 0 Å². The fraction of sp³-hybridized carbons (Fsp3) is 0.0714. The molecule has 0 unspecified atom stereocenters. The highest BCUT2D eigenvalue weighted by molar-refractivity contribution is 9.10. The molecule has 2 N–H and O–H groups in total. The van der Waals surface area contributed by atoms with Crippen LogP contribution in [0.15, 0.2) is 44.7 Å². The third-order valence-corrected chi connectivity index (χ3v) is 4.43. The predicted molar refractivity (Wildman–Crippen MR) is 82.1 cm³/mol. The van der Waals surface area contributed by atoms with Gasteiger partial charge in [-0.1, -0.05) is 33.2 Å². The van der Waals surface area contributed by atoms with Crippen LogP contribution in [0.3, 0.4) is 0 Å². The Balaban J connectivity index is 2.22. The lowest BCUT2D eigenvalue weighted by Crippen LogP contribution is -1.87. The molecular formula is C14H11BrN2OS. The molecule has 96 valence electrons. The molecule has 2 heterocycles. The van der Waals surface area contributed by atoms with Crippen molar-refractivity contribution in [3.63, 3.8) is 0 Å². The van der Waals surface area contributed by atoms with E-state index in [-0.39, 0.29) is 0 Å². The van der Waals surface area contributed by atoms with Gasteiger partial charge < -0.3 is 10.3 Å². The average Bonchev–Trinajstić information content (AvgIpc) is 2.95. The van der Waals surface area contributed by atoms with E-state index in [1.807, 2.05) is 29.6 Å². The summed E-state index contributed by atoms with van der Waals surface area (Å²) in [7, 11) is 0. The molecule has 2 aromatic heterocycles. The van der Waals surface area contributed by atoms with Crippen LogP contribution in [0.4, 0.5) is 5.88 Å². The molecular weight excluding hydrogens is 324 g/mol. The number of aryl methyl sites for hydroxylation is 1. The van der Waals surface area contributed by atoms with Crippen molar-refractivity contribution in [2.24, 2.45) is 0 Å². The number of benzene rings is 1. The van der Waals surface area contributed by atoms with Gasteiger partial charge in [0, 0.05) is 4.47 Å². The van der Waals surface area contributed by atoms with E-state index in [1.54, 1.807) is 11.3 Å². The summed E-state index contributed by atoms with van der Waals surface area (Å²) in [6, 6.07) is 10.0. The van der Waals surface area contributed by atoms with E-state index in [9.17, 15) is 0 Å². The minimum absolute atomic E-state index is 0.348. The van der Waals surface area contributed by atoms with Crippen LogP contribution in [0.1, 0.15) is 5.56 Å². The predicted octanol–water partition coefficient (Wildman–Crippen LogP) is 4.72. The Morgan fingerprint density at radius 2 is 2.16 bits per heavy atom. The van der Waals surface area contributed by atoms with Crippen molar-refractivity contribution >= 4 is 33.2 Å². The second-order valence-corrected chi connectivity index (χ2v) is 6.05. The number of hydrogen-bond acceptors (Lipinski definition) is 4. The van der Waals surface area contributed by atoms with Crippen LogP contribution in [0.25, 0.3) is 21.7 Å². The maximum absolute atomic E-state index is 5.94. The summed E-state index contributed by atoms with van der Waals surface area (Å²) in [6.07, 6.45) is 0. The van der Waals surface area contributed by atoms with Crippen molar-refractivity contribution in [3.8, 4) is 21.7 Å². The zero-order valence-corrected chi connectivity index (χ0v) is 12.6. The third-order valence-electron chi connectivity index (χ3n) is 2.91. The maximum atomic E-state index is 5.94. The summed E-state index contributed by atoms with van der Waals surface area (Å²) in [4.78, 5) is 1.09. The van der Waals surface area contributed by atoms with Crippen LogP contribution < -0.4 is 5.73 Å². The van der Waals surface area contributed by atoms with Gasteiger partial charge in [0.2, 0.25) is 5.88 Å². The van der Waals surface area contributed by atoms with E-state index in [0.29, 0.717) is 5.88 Å². The lowest BCUT2D eigenvalue weighted by molar-refractivity contribution is 0.439. The summed E-state index contributed by atoms with van der Waals surface area (Å²) in [5.41, 5.74) is 9.77. The van der Waals surface area contributed by atoms with Gasteiger partial charge in [0.15, 0.2) is 0 Å². The van der Waals surface area contributed by atoms with Crippen LogP contribution in [-0.2, 0) is 0 Å². The number of thiophene rings is 1. The second-order valence-electron chi connectivity index (χ2n) is 4.21. The molecule has 0 aliphatic carbocycles. The number of rotatable bonds is 2. The highest BCUT2D eigenvalue weighted by Crippen LogP contribution is 2.40. The van der Waals surface area contributed by atoms with Crippen LogP contribution in [0.5, 0.6) is 0 Å². The van der Waals surface area contributed by atoms with Gasteiger partial charge in [-0.2, -0.15) is 0 Å². The zero-order valence-electron chi connectivity index (χ0n) is 10.2. The number of halogens is 1. The molecule has 0 aliphatic heterocycles. The smallest absolute Gasteiger partial charge is 0.230 e. The molecule has 5 heteroatoms. The Morgan fingerprint density at radius 3 is 2.84 bits per heavy atom. The molecule has 0 atom stereocenters. The van der Waals surface area contributed by atoms with Gasteiger partial charge in [0.05, 0.1) is 10.4 Å². The summed E-state index contributed by atoms with van der Waals surface area (Å²) in [6.45, 7) is 2.06. The molecule has 19 heavy (non-hydrogen) atoms. The summed E-state index contributed by atoms with van der Waals surface area (Å²) in [5.74, 6) is 0.348. The van der Waals surface area contributed by atoms with E-state index in [4.69, 9.17) is 10.3 Å². The van der Waals surface area contributed by atoms with Crippen molar-refractivity contribution < 1.29 is 4.52 Å². The minimum atomic E-state index is 0.348. The first-order valence-corrected chi connectivity index (χ1v) is 7.39. The summed E-state index contributed by atoms with van der Waals surface area (Å²) in [5, 5.41) is 6.16. The molecule has 0 bridgehead atoms. The van der Waals surface area contributed by atoms with Crippen LogP contribution in [0, 0.1) is 6.92 Å². The normalized spacial score (nSPS) is 10.8. The number of nitrogens with two attached hydrogens (primary N) is 1. The van der Waals surface area contributed by atoms with Crippen molar-refractivity contribution in [1.82, 2.24) is 5.16 Å². The Labute approximate surface area is 123 Å². The Kier molecular flexibility index (Phi) is 3.16. The fourth-order valence-corrected chi connectivity index (χ4v) is 3.31.